The Morgan fingerprint density at radius 3 is 2.43 bits per heavy atom. The van der Waals surface area contributed by atoms with E-state index in [1.165, 1.54) is 51.4 Å². The molecule has 1 saturated heterocycles. The Balaban J connectivity index is 1.47. The van der Waals surface area contributed by atoms with E-state index in [2.05, 4.69) is 34.6 Å². The van der Waals surface area contributed by atoms with Crippen molar-refractivity contribution < 1.29 is 9.53 Å². The molecule has 0 aromatic heterocycles. The van der Waals surface area contributed by atoms with Crippen LogP contribution in [0, 0.1) is 46.3 Å². The largest absolute Gasteiger partial charge is 0.462 e. The highest BCUT2D eigenvalue weighted by molar-refractivity contribution is 5.70. The molecule has 160 valence electrons. The van der Waals surface area contributed by atoms with Crippen LogP contribution in [0.15, 0.2) is 0 Å². The molecule has 1 aliphatic heterocycles. The van der Waals surface area contributed by atoms with Crippen molar-refractivity contribution >= 4 is 5.97 Å². The minimum atomic E-state index is 0.0534. The van der Waals surface area contributed by atoms with Gasteiger partial charge in [0, 0.05) is 11.8 Å². The highest BCUT2D eigenvalue weighted by Gasteiger charge is 2.61. The molecule has 0 N–H and O–H groups in total. The number of ether oxygens (including phenoxy) is 1. The van der Waals surface area contributed by atoms with E-state index in [4.69, 9.17) is 4.74 Å². The predicted octanol–water partition coefficient (Wildman–Crippen LogP) is 7.01. The number of carbonyl (C=O) groups is 1. The summed E-state index contributed by atoms with van der Waals surface area (Å²) in [6, 6.07) is 0. The van der Waals surface area contributed by atoms with Crippen LogP contribution in [0.1, 0.15) is 105 Å². The summed E-state index contributed by atoms with van der Waals surface area (Å²) in [5.74, 6) is 5.29. The Kier molecular flexibility index (Phi) is 5.64. The van der Waals surface area contributed by atoms with Gasteiger partial charge in [0.05, 0.1) is 0 Å². The average molecular weight is 389 g/mol. The lowest BCUT2D eigenvalue weighted by Gasteiger charge is -2.59. The molecule has 0 aromatic rings. The van der Waals surface area contributed by atoms with E-state index >= 15 is 0 Å². The second-order valence-electron chi connectivity index (χ2n) is 12.0. The molecule has 2 heteroatoms. The van der Waals surface area contributed by atoms with Gasteiger partial charge in [-0.3, -0.25) is 4.79 Å². The molecule has 0 bridgehead atoms. The molecular weight excluding hydrogens is 344 g/mol. The maximum absolute atomic E-state index is 11.9. The molecule has 0 radical (unpaired) electrons. The molecule has 3 saturated carbocycles. The highest BCUT2D eigenvalue weighted by Crippen LogP contribution is 2.67. The van der Waals surface area contributed by atoms with Crippen LogP contribution >= 0.6 is 0 Å². The Morgan fingerprint density at radius 1 is 0.929 bits per heavy atom. The van der Waals surface area contributed by atoms with Gasteiger partial charge in [-0.1, -0.05) is 53.9 Å². The quantitative estimate of drug-likeness (QED) is 0.473. The van der Waals surface area contributed by atoms with Gasteiger partial charge in [0.25, 0.3) is 0 Å². The average Bonchev–Trinajstić information content (AvgIpc) is 2.99. The molecule has 6 unspecified atom stereocenters. The summed E-state index contributed by atoms with van der Waals surface area (Å²) in [6.07, 6.45) is 14.3. The number of hydrogen-bond acceptors (Lipinski definition) is 2. The summed E-state index contributed by atoms with van der Waals surface area (Å²) in [4.78, 5) is 11.9. The lowest BCUT2D eigenvalue weighted by Crippen LogP contribution is -2.56. The minimum absolute atomic E-state index is 0.0534. The third-order valence-corrected chi connectivity index (χ3v) is 10.1. The fourth-order valence-electron chi connectivity index (χ4n) is 8.57. The molecule has 2 nitrogen and oxygen atoms in total. The van der Waals surface area contributed by atoms with Gasteiger partial charge < -0.3 is 4.74 Å². The van der Waals surface area contributed by atoms with Crippen molar-refractivity contribution in [1.29, 1.82) is 0 Å². The number of fused-ring (bicyclic) bond motifs is 5. The first-order chi connectivity index (χ1) is 13.3. The van der Waals surface area contributed by atoms with Crippen LogP contribution < -0.4 is 0 Å². The summed E-state index contributed by atoms with van der Waals surface area (Å²) in [6.45, 7) is 12.4. The monoisotopic (exact) mass is 388 g/mol. The topological polar surface area (TPSA) is 26.3 Å². The van der Waals surface area contributed by atoms with Crippen LogP contribution in [0.2, 0.25) is 0 Å². The van der Waals surface area contributed by atoms with Gasteiger partial charge in [0.2, 0.25) is 0 Å². The zero-order chi connectivity index (χ0) is 20.1. The summed E-state index contributed by atoms with van der Waals surface area (Å²) in [7, 11) is 0. The van der Waals surface area contributed by atoms with Crippen molar-refractivity contribution in [3.8, 4) is 0 Å². The fourth-order valence-corrected chi connectivity index (χ4v) is 8.57. The minimum Gasteiger partial charge on any atom is -0.462 e. The number of hydrogen-bond donors (Lipinski definition) is 0. The highest BCUT2D eigenvalue weighted by atomic mass is 16.5. The molecule has 0 spiro atoms. The second-order valence-corrected chi connectivity index (χ2v) is 12.0. The van der Waals surface area contributed by atoms with E-state index in [9.17, 15) is 4.79 Å². The normalized spacial score (nSPS) is 46.5. The molecule has 28 heavy (non-hydrogen) atoms. The SMILES string of the molecule is CC(C)CCCC(C)C1CCC2C3CCC4OC(=O)CC[C@]4(C)C3CC[C@]12C. The third kappa shape index (κ3) is 3.35. The van der Waals surface area contributed by atoms with Gasteiger partial charge in [0.1, 0.15) is 6.10 Å². The van der Waals surface area contributed by atoms with E-state index in [0.29, 0.717) is 11.8 Å². The molecular formula is C26H44O2. The Morgan fingerprint density at radius 2 is 1.68 bits per heavy atom. The van der Waals surface area contributed by atoms with Gasteiger partial charge in [0.15, 0.2) is 0 Å². The number of esters is 1. The predicted molar refractivity (Wildman–Crippen MR) is 115 cm³/mol. The van der Waals surface area contributed by atoms with E-state index in [-0.39, 0.29) is 17.5 Å². The van der Waals surface area contributed by atoms with Gasteiger partial charge in [-0.2, -0.15) is 0 Å². The third-order valence-electron chi connectivity index (χ3n) is 10.1. The standard InChI is InChI=1S/C26H44O2/c1-17(2)7-6-8-18(3)20-10-11-21-19-9-12-23-26(5,16-14-24(27)28-23)22(19)13-15-25(20,21)4/h17-23H,6-16H2,1-5H3/t18?,19?,20?,21?,22?,23?,25-,26-/m1/s1. The molecule has 0 amide bonds. The first-order valence-electron chi connectivity index (χ1n) is 12.4. The van der Waals surface area contributed by atoms with Crippen molar-refractivity contribution in [2.75, 3.05) is 0 Å². The first-order valence-corrected chi connectivity index (χ1v) is 12.4. The smallest absolute Gasteiger partial charge is 0.306 e. The van der Waals surface area contributed by atoms with E-state index in [1.54, 1.807) is 0 Å². The molecule has 4 fully saturated rings. The van der Waals surface area contributed by atoms with Crippen molar-refractivity contribution in [3.63, 3.8) is 0 Å². The van der Waals surface area contributed by atoms with Crippen LogP contribution in [-0.2, 0) is 9.53 Å². The van der Waals surface area contributed by atoms with E-state index < -0.39 is 0 Å². The van der Waals surface area contributed by atoms with Gasteiger partial charge in [-0.05, 0) is 85.9 Å². The van der Waals surface area contributed by atoms with Crippen LogP contribution in [0.5, 0.6) is 0 Å². The number of carbonyl (C=O) groups excluding carboxylic acids is 1. The van der Waals surface area contributed by atoms with Crippen LogP contribution in [0.4, 0.5) is 0 Å². The van der Waals surface area contributed by atoms with Crippen LogP contribution in [-0.4, -0.2) is 12.1 Å². The van der Waals surface area contributed by atoms with Crippen LogP contribution in [0.3, 0.4) is 0 Å². The first kappa shape index (κ1) is 20.7. The second kappa shape index (κ2) is 7.62. The van der Waals surface area contributed by atoms with Crippen molar-refractivity contribution in [3.05, 3.63) is 0 Å². The molecule has 8 atom stereocenters. The Labute approximate surface area is 173 Å². The molecule has 4 aliphatic rings. The van der Waals surface area contributed by atoms with Gasteiger partial charge in [-0.25, -0.2) is 0 Å². The maximum Gasteiger partial charge on any atom is 0.306 e. The summed E-state index contributed by atoms with van der Waals surface area (Å²) < 4.78 is 5.86. The lowest BCUT2D eigenvalue weighted by atomic mass is 9.47. The van der Waals surface area contributed by atoms with Crippen molar-refractivity contribution in [2.24, 2.45) is 46.3 Å². The van der Waals surface area contributed by atoms with Crippen molar-refractivity contribution in [1.82, 2.24) is 0 Å². The maximum atomic E-state index is 11.9. The van der Waals surface area contributed by atoms with Crippen molar-refractivity contribution in [2.45, 2.75) is 111 Å². The molecule has 0 aromatic carbocycles. The zero-order valence-corrected chi connectivity index (χ0v) is 19.1. The molecule has 4 rings (SSSR count). The molecule has 1 heterocycles. The summed E-state index contributed by atoms with van der Waals surface area (Å²) in [5.41, 5.74) is 0.812. The van der Waals surface area contributed by atoms with E-state index in [0.717, 1.165) is 48.3 Å². The number of rotatable bonds is 5. The van der Waals surface area contributed by atoms with Gasteiger partial charge >= 0.3 is 5.97 Å². The summed E-state index contributed by atoms with van der Waals surface area (Å²) >= 11 is 0. The van der Waals surface area contributed by atoms with Gasteiger partial charge in [-0.15, -0.1) is 0 Å². The Bertz CT molecular complexity index is 583. The fraction of sp³-hybridized carbons (Fsp3) is 0.962. The van der Waals surface area contributed by atoms with Crippen LogP contribution in [0.25, 0.3) is 0 Å². The summed E-state index contributed by atoms with van der Waals surface area (Å²) in [5, 5.41) is 0. The lowest BCUT2D eigenvalue weighted by molar-refractivity contribution is -0.192. The van der Waals surface area contributed by atoms with E-state index in [1.807, 2.05) is 0 Å². The molecule has 3 aliphatic carbocycles. The zero-order valence-electron chi connectivity index (χ0n) is 19.1. The Hall–Kier alpha value is -0.530.